The second-order valence-corrected chi connectivity index (χ2v) is 7.85. The summed E-state index contributed by atoms with van der Waals surface area (Å²) in [6, 6.07) is 4.62. The number of thiazole rings is 1. The molecule has 1 N–H and O–H groups in total. The van der Waals surface area contributed by atoms with Crippen LogP contribution in [0.3, 0.4) is 0 Å². The van der Waals surface area contributed by atoms with Crippen molar-refractivity contribution in [1.82, 2.24) is 4.98 Å². The van der Waals surface area contributed by atoms with Crippen molar-refractivity contribution in [2.45, 2.75) is 20.8 Å². The predicted molar refractivity (Wildman–Crippen MR) is 90.8 cm³/mol. The van der Waals surface area contributed by atoms with Crippen LogP contribution in [-0.4, -0.2) is 10.8 Å². The van der Waals surface area contributed by atoms with E-state index in [1.165, 1.54) is 18.2 Å². The summed E-state index contributed by atoms with van der Waals surface area (Å²) in [6.45, 7) is 5.42. The standard InChI is InChI=1S/C16H15BrFNO2S/c1-16(2,3)13(20)8-14-19-15(21)12(22-14)6-9-4-5-10(17)7-11(9)18/h4-8H,1-3H3,(H,19,21)/b12-6+,14-8+. The molecule has 3 nitrogen and oxygen atoms in total. The zero-order valence-corrected chi connectivity index (χ0v) is 14.8. The molecule has 0 aliphatic heterocycles. The van der Waals surface area contributed by atoms with Crippen LogP contribution in [-0.2, 0) is 4.79 Å². The van der Waals surface area contributed by atoms with Gasteiger partial charge in [-0.25, -0.2) is 4.39 Å². The van der Waals surface area contributed by atoms with Crippen LogP contribution in [0.4, 0.5) is 4.39 Å². The van der Waals surface area contributed by atoms with Gasteiger partial charge in [0.2, 0.25) is 0 Å². The molecule has 0 saturated carbocycles. The second-order valence-electron chi connectivity index (χ2n) is 5.85. The summed E-state index contributed by atoms with van der Waals surface area (Å²) in [7, 11) is 0. The lowest BCUT2D eigenvalue weighted by Crippen LogP contribution is -2.22. The number of aromatic nitrogens is 1. The lowest BCUT2D eigenvalue weighted by atomic mass is 9.91. The number of H-pyrrole nitrogens is 1. The van der Waals surface area contributed by atoms with Crippen LogP contribution >= 0.6 is 27.3 Å². The predicted octanol–water partition coefficient (Wildman–Crippen LogP) is 2.56. The monoisotopic (exact) mass is 383 g/mol. The Hall–Kier alpha value is -1.53. The molecule has 0 saturated heterocycles. The highest BCUT2D eigenvalue weighted by Gasteiger charge is 2.18. The molecule has 2 rings (SSSR count). The number of rotatable bonds is 2. The van der Waals surface area contributed by atoms with Crippen LogP contribution < -0.4 is 14.8 Å². The number of halogens is 2. The van der Waals surface area contributed by atoms with Crippen LogP contribution in [0.2, 0.25) is 0 Å². The highest BCUT2D eigenvalue weighted by molar-refractivity contribution is 9.10. The molecule has 0 amide bonds. The van der Waals surface area contributed by atoms with E-state index >= 15 is 0 Å². The van der Waals surface area contributed by atoms with Gasteiger partial charge in [0.15, 0.2) is 5.78 Å². The van der Waals surface area contributed by atoms with E-state index in [0.717, 1.165) is 11.3 Å². The van der Waals surface area contributed by atoms with Crippen molar-refractivity contribution in [3.05, 3.63) is 53.6 Å². The van der Waals surface area contributed by atoms with Crippen molar-refractivity contribution in [3.8, 4) is 0 Å². The van der Waals surface area contributed by atoms with Gasteiger partial charge in [0.25, 0.3) is 5.56 Å². The van der Waals surface area contributed by atoms with E-state index in [-0.39, 0.29) is 11.3 Å². The molecule has 0 unspecified atom stereocenters. The quantitative estimate of drug-likeness (QED) is 0.866. The van der Waals surface area contributed by atoms with Crippen LogP contribution in [0.5, 0.6) is 0 Å². The molecule has 6 heteroatoms. The number of aromatic amines is 1. The Bertz CT molecular complexity index is 890. The van der Waals surface area contributed by atoms with E-state index in [9.17, 15) is 14.0 Å². The average molecular weight is 384 g/mol. The zero-order valence-electron chi connectivity index (χ0n) is 12.4. The lowest BCUT2D eigenvalue weighted by Gasteiger charge is -2.12. The number of hydrogen-bond donors (Lipinski definition) is 1. The molecule has 1 aromatic carbocycles. The van der Waals surface area contributed by atoms with Gasteiger partial charge in [-0.2, -0.15) is 0 Å². The number of ketones is 1. The third-order valence-corrected chi connectivity index (χ3v) is 4.39. The van der Waals surface area contributed by atoms with Gasteiger partial charge in [-0.05, 0) is 18.2 Å². The van der Waals surface area contributed by atoms with Gasteiger partial charge >= 0.3 is 0 Å². The molecule has 22 heavy (non-hydrogen) atoms. The first-order valence-electron chi connectivity index (χ1n) is 6.59. The average Bonchev–Trinajstić information content (AvgIpc) is 2.72. The van der Waals surface area contributed by atoms with Gasteiger partial charge in [0, 0.05) is 21.5 Å². The van der Waals surface area contributed by atoms with Crippen LogP contribution in [0, 0.1) is 11.2 Å². The van der Waals surface area contributed by atoms with Crippen LogP contribution in [0.15, 0.2) is 27.5 Å². The second kappa shape index (κ2) is 6.30. The summed E-state index contributed by atoms with van der Waals surface area (Å²) < 4.78 is 15.3. The number of carbonyl (C=O) groups excluding carboxylic acids is 1. The number of Topliss-reactive ketones (excluding diaryl/α,β-unsaturated/α-hetero) is 1. The first-order chi connectivity index (χ1) is 10.2. The van der Waals surface area contributed by atoms with Crippen molar-refractivity contribution in [2.24, 2.45) is 5.41 Å². The molecule has 0 bridgehead atoms. The fourth-order valence-electron chi connectivity index (χ4n) is 1.62. The summed E-state index contributed by atoms with van der Waals surface area (Å²) in [5.41, 5.74) is -0.521. The minimum Gasteiger partial charge on any atom is -0.313 e. The summed E-state index contributed by atoms with van der Waals surface area (Å²) in [6.07, 6.45) is 2.89. The van der Waals surface area contributed by atoms with E-state index in [0.29, 0.717) is 19.2 Å². The first-order valence-corrected chi connectivity index (χ1v) is 8.20. The minimum atomic E-state index is -0.511. The molecule has 0 atom stereocenters. The molecule has 0 radical (unpaired) electrons. The molecule has 0 aliphatic rings. The van der Waals surface area contributed by atoms with Crippen molar-refractivity contribution in [2.75, 3.05) is 0 Å². The van der Waals surface area contributed by atoms with Crippen molar-refractivity contribution in [3.63, 3.8) is 0 Å². The molecule has 116 valence electrons. The Morgan fingerprint density at radius 1 is 1.36 bits per heavy atom. The SMILES string of the molecule is CC(C)(C)C(=O)/C=c1\[nH]c(=O)/c(=C\c2ccc(Br)cc2F)s1. The van der Waals surface area contributed by atoms with E-state index in [2.05, 4.69) is 20.9 Å². The smallest absolute Gasteiger partial charge is 0.266 e. The topological polar surface area (TPSA) is 49.9 Å². The fourth-order valence-corrected chi connectivity index (χ4v) is 2.83. The molecular formula is C16H15BrFNO2S. The Labute approximate surface area is 139 Å². The van der Waals surface area contributed by atoms with Crippen molar-refractivity contribution in [1.29, 1.82) is 0 Å². The summed E-state index contributed by atoms with van der Waals surface area (Å²) in [4.78, 5) is 26.5. The van der Waals surface area contributed by atoms with E-state index in [1.807, 2.05) is 20.8 Å². The highest BCUT2D eigenvalue weighted by atomic mass is 79.9. The highest BCUT2D eigenvalue weighted by Crippen LogP contribution is 2.16. The van der Waals surface area contributed by atoms with Gasteiger partial charge in [-0.1, -0.05) is 42.8 Å². The summed E-state index contributed by atoms with van der Waals surface area (Å²) in [5, 5.41) is 0. The minimum absolute atomic E-state index is 0.0774. The van der Waals surface area contributed by atoms with E-state index in [1.54, 1.807) is 12.1 Å². The number of carbonyl (C=O) groups is 1. The number of nitrogens with one attached hydrogen (secondary N) is 1. The third kappa shape index (κ3) is 4.01. The molecule has 1 aromatic heterocycles. The number of benzene rings is 1. The Morgan fingerprint density at radius 3 is 2.64 bits per heavy atom. The maximum absolute atomic E-state index is 13.8. The summed E-state index contributed by atoms with van der Waals surface area (Å²) >= 11 is 4.32. The van der Waals surface area contributed by atoms with Crippen LogP contribution in [0.25, 0.3) is 12.2 Å². The van der Waals surface area contributed by atoms with Crippen molar-refractivity contribution < 1.29 is 9.18 Å². The zero-order chi connectivity index (χ0) is 16.5. The first kappa shape index (κ1) is 16.8. The number of hydrogen-bond acceptors (Lipinski definition) is 3. The largest absolute Gasteiger partial charge is 0.313 e. The lowest BCUT2D eigenvalue weighted by molar-refractivity contribution is -0.119. The van der Waals surface area contributed by atoms with E-state index < -0.39 is 11.2 Å². The Kier molecular flexibility index (Phi) is 4.82. The maximum atomic E-state index is 13.8. The fraction of sp³-hybridized carbons (Fsp3) is 0.250. The summed E-state index contributed by atoms with van der Waals surface area (Å²) in [5.74, 6) is -0.496. The van der Waals surface area contributed by atoms with Crippen molar-refractivity contribution >= 4 is 45.2 Å². The van der Waals surface area contributed by atoms with E-state index in [4.69, 9.17) is 0 Å². The maximum Gasteiger partial charge on any atom is 0.266 e. The molecule has 2 aromatic rings. The Morgan fingerprint density at radius 2 is 2.05 bits per heavy atom. The van der Waals surface area contributed by atoms with Gasteiger partial charge in [-0.3, -0.25) is 9.59 Å². The Balaban J connectivity index is 2.51. The van der Waals surface area contributed by atoms with Gasteiger partial charge in [0.05, 0.1) is 9.20 Å². The van der Waals surface area contributed by atoms with Gasteiger partial charge in [-0.15, -0.1) is 11.3 Å². The van der Waals surface area contributed by atoms with Gasteiger partial charge in [0.1, 0.15) is 5.82 Å². The normalized spacial score (nSPS) is 13.7. The molecule has 0 aliphatic carbocycles. The molecule has 1 heterocycles. The van der Waals surface area contributed by atoms with Gasteiger partial charge < -0.3 is 4.98 Å². The molecule has 0 spiro atoms. The molecule has 0 fully saturated rings. The molecular weight excluding hydrogens is 369 g/mol. The third-order valence-electron chi connectivity index (χ3n) is 2.93. The van der Waals surface area contributed by atoms with Crippen LogP contribution in [0.1, 0.15) is 26.3 Å².